The number of rotatable bonds is 2. The lowest BCUT2D eigenvalue weighted by atomic mass is 10.1. The van der Waals surface area contributed by atoms with Crippen molar-refractivity contribution in [2.75, 3.05) is 0 Å². The van der Waals surface area contributed by atoms with Gasteiger partial charge in [-0.15, -0.1) is 0 Å². The van der Waals surface area contributed by atoms with Crippen LogP contribution in [0.5, 0.6) is 0 Å². The third-order valence-electron chi connectivity index (χ3n) is 2.21. The van der Waals surface area contributed by atoms with Crippen LogP contribution in [0.3, 0.4) is 0 Å². The molecule has 0 bridgehead atoms. The SMILES string of the molecule is O=c1cc(/C=C/c2ccc(Cl)c(Cl)c2)cc[nH]1. The molecule has 0 aliphatic heterocycles. The predicted octanol–water partition coefficient (Wildman–Crippen LogP) is 3.85. The van der Waals surface area contributed by atoms with Crippen LogP contribution in [0.1, 0.15) is 11.1 Å². The summed E-state index contributed by atoms with van der Waals surface area (Å²) >= 11 is 11.7. The van der Waals surface area contributed by atoms with E-state index in [4.69, 9.17) is 23.2 Å². The van der Waals surface area contributed by atoms with Crippen LogP contribution in [0.2, 0.25) is 10.0 Å². The van der Waals surface area contributed by atoms with Crippen molar-refractivity contribution in [1.82, 2.24) is 4.98 Å². The smallest absolute Gasteiger partial charge is 0.248 e. The van der Waals surface area contributed by atoms with Crippen molar-refractivity contribution in [1.29, 1.82) is 0 Å². The van der Waals surface area contributed by atoms with Crippen LogP contribution in [-0.4, -0.2) is 4.98 Å². The summed E-state index contributed by atoms with van der Waals surface area (Å²) in [5, 5.41) is 1.04. The molecule has 1 N–H and O–H groups in total. The summed E-state index contributed by atoms with van der Waals surface area (Å²) in [6.45, 7) is 0. The Hall–Kier alpha value is -1.51. The van der Waals surface area contributed by atoms with E-state index in [0.29, 0.717) is 10.0 Å². The van der Waals surface area contributed by atoms with Gasteiger partial charge >= 0.3 is 0 Å². The second-order valence-corrected chi connectivity index (χ2v) is 4.31. The Bertz CT molecular complexity index is 617. The average molecular weight is 266 g/mol. The molecule has 0 radical (unpaired) electrons. The van der Waals surface area contributed by atoms with Gasteiger partial charge in [0.25, 0.3) is 0 Å². The molecule has 0 aliphatic carbocycles. The lowest BCUT2D eigenvalue weighted by Gasteiger charge is -1.97. The molecule has 2 nitrogen and oxygen atoms in total. The van der Waals surface area contributed by atoms with Gasteiger partial charge in [0.05, 0.1) is 10.0 Å². The standard InChI is InChI=1S/C13H9Cl2NO/c14-11-4-3-9(7-12(11)15)1-2-10-5-6-16-13(17)8-10/h1-8H,(H,16,17)/b2-1+. The van der Waals surface area contributed by atoms with Crippen molar-refractivity contribution in [2.24, 2.45) is 0 Å². The number of pyridine rings is 1. The highest BCUT2D eigenvalue weighted by molar-refractivity contribution is 6.42. The summed E-state index contributed by atoms with van der Waals surface area (Å²) < 4.78 is 0. The molecule has 17 heavy (non-hydrogen) atoms. The van der Waals surface area contributed by atoms with E-state index in [0.717, 1.165) is 11.1 Å². The van der Waals surface area contributed by atoms with E-state index in [1.54, 1.807) is 18.3 Å². The quantitative estimate of drug-likeness (QED) is 0.879. The molecule has 0 saturated carbocycles. The first-order valence-corrected chi connectivity index (χ1v) is 5.72. The number of halogens is 2. The topological polar surface area (TPSA) is 32.9 Å². The molecule has 0 amide bonds. The van der Waals surface area contributed by atoms with Crippen LogP contribution in [0.25, 0.3) is 12.2 Å². The van der Waals surface area contributed by atoms with Gasteiger partial charge < -0.3 is 4.98 Å². The monoisotopic (exact) mass is 265 g/mol. The first kappa shape index (κ1) is 12.0. The molecule has 2 aromatic rings. The van der Waals surface area contributed by atoms with Crippen LogP contribution in [0.15, 0.2) is 41.3 Å². The zero-order chi connectivity index (χ0) is 12.3. The van der Waals surface area contributed by atoms with E-state index in [1.165, 1.54) is 6.07 Å². The molecule has 1 heterocycles. The fourth-order valence-electron chi connectivity index (χ4n) is 1.37. The summed E-state index contributed by atoms with van der Waals surface area (Å²) in [5.74, 6) is 0. The second-order valence-electron chi connectivity index (χ2n) is 3.49. The fourth-order valence-corrected chi connectivity index (χ4v) is 1.68. The van der Waals surface area contributed by atoms with Crippen molar-refractivity contribution in [2.45, 2.75) is 0 Å². The number of hydrogen-bond donors (Lipinski definition) is 1. The number of H-pyrrole nitrogens is 1. The van der Waals surface area contributed by atoms with Gasteiger partial charge in [0, 0.05) is 12.3 Å². The first-order valence-electron chi connectivity index (χ1n) is 4.97. The van der Waals surface area contributed by atoms with E-state index in [9.17, 15) is 4.79 Å². The Morgan fingerprint density at radius 3 is 2.29 bits per heavy atom. The van der Waals surface area contributed by atoms with Gasteiger partial charge in [-0.3, -0.25) is 4.79 Å². The molecule has 86 valence electrons. The minimum absolute atomic E-state index is 0.124. The van der Waals surface area contributed by atoms with Gasteiger partial charge in [-0.1, -0.05) is 41.4 Å². The lowest BCUT2D eigenvalue weighted by molar-refractivity contribution is 1.23. The number of benzene rings is 1. The maximum absolute atomic E-state index is 11.1. The Morgan fingerprint density at radius 2 is 1.65 bits per heavy atom. The van der Waals surface area contributed by atoms with Gasteiger partial charge in [0.15, 0.2) is 0 Å². The van der Waals surface area contributed by atoms with Crippen LogP contribution in [0, 0.1) is 0 Å². The molecule has 1 aromatic heterocycles. The van der Waals surface area contributed by atoms with Crippen LogP contribution < -0.4 is 5.56 Å². The maximum atomic E-state index is 11.1. The highest BCUT2D eigenvalue weighted by Gasteiger charge is 1.96. The molecule has 0 fully saturated rings. The van der Waals surface area contributed by atoms with Crippen molar-refractivity contribution in [3.63, 3.8) is 0 Å². The molecule has 2 rings (SSSR count). The minimum Gasteiger partial charge on any atom is -0.329 e. The Morgan fingerprint density at radius 1 is 0.941 bits per heavy atom. The Labute approximate surface area is 109 Å². The predicted molar refractivity (Wildman–Crippen MR) is 72.5 cm³/mol. The molecular weight excluding hydrogens is 257 g/mol. The number of nitrogens with one attached hydrogen (secondary N) is 1. The Balaban J connectivity index is 2.26. The summed E-state index contributed by atoms with van der Waals surface area (Å²) in [5.41, 5.74) is 1.64. The average Bonchev–Trinajstić information content (AvgIpc) is 2.31. The van der Waals surface area contributed by atoms with Gasteiger partial charge in [-0.25, -0.2) is 0 Å². The Kier molecular flexibility index (Phi) is 3.67. The van der Waals surface area contributed by atoms with Gasteiger partial charge in [0.2, 0.25) is 5.56 Å². The van der Waals surface area contributed by atoms with Crippen molar-refractivity contribution in [3.8, 4) is 0 Å². The molecule has 0 atom stereocenters. The molecule has 0 unspecified atom stereocenters. The van der Waals surface area contributed by atoms with E-state index in [2.05, 4.69) is 4.98 Å². The number of hydrogen-bond acceptors (Lipinski definition) is 1. The van der Waals surface area contributed by atoms with E-state index in [-0.39, 0.29) is 5.56 Å². The summed E-state index contributed by atoms with van der Waals surface area (Å²) in [6.07, 6.45) is 5.32. The molecule has 0 spiro atoms. The van der Waals surface area contributed by atoms with E-state index in [1.807, 2.05) is 24.3 Å². The number of aromatic nitrogens is 1. The highest BCUT2D eigenvalue weighted by Crippen LogP contribution is 2.23. The lowest BCUT2D eigenvalue weighted by Crippen LogP contribution is -2.01. The molecular formula is C13H9Cl2NO. The van der Waals surface area contributed by atoms with Crippen molar-refractivity contribution >= 4 is 35.4 Å². The first-order chi connectivity index (χ1) is 8.15. The highest BCUT2D eigenvalue weighted by atomic mass is 35.5. The zero-order valence-corrected chi connectivity index (χ0v) is 10.3. The van der Waals surface area contributed by atoms with Gasteiger partial charge in [-0.2, -0.15) is 0 Å². The third kappa shape index (κ3) is 3.22. The van der Waals surface area contributed by atoms with Crippen molar-refractivity contribution < 1.29 is 0 Å². The summed E-state index contributed by atoms with van der Waals surface area (Å²) in [7, 11) is 0. The number of aromatic amines is 1. The van der Waals surface area contributed by atoms with E-state index >= 15 is 0 Å². The molecule has 4 heteroatoms. The molecule has 0 saturated heterocycles. The summed E-state index contributed by atoms with van der Waals surface area (Å²) in [6, 6.07) is 8.70. The third-order valence-corrected chi connectivity index (χ3v) is 2.95. The van der Waals surface area contributed by atoms with Gasteiger partial charge in [0.1, 0.15) is 0 Å². The van der Waals surface area contributed by atoms with Crippen LogP contribution in [-0.2, 0) is 0 Å². The van der Waals surface area contributed by atoms with Gasteiger partial charge in [-0.05, 0) is 29.3 Å². The minimum atomic E-state index is -0.124. The van der Waals surface area contributed by atoms with Crippen molar-refractivity contribution in [3.05, 3.63) is 68.1 Å². The zero-order valence-electron chi connectivity index (χ0n) is 8.78. The van der Waals surface area contributed by atoms with E-state index < -0.39 is 0 Å². The summed E-state index contributed by atoms with van der Waals surface area (Å²) in [4.78, 5) is 13.6. The maximum Gasteiger partial charge on any atom is 0.248 e. The fraction of sp³-hybridized carbons (Fsp3) is 0. The molecule has 0 aliphatic rings. The normalized spacial score (nSPS) is 10.9. The van der Waals surface area contributed by atoms with Crippen LogP contribution in [0.4, 0.5) is 0 Å². The second kappa shape index (κ2) is 5.21. The van der Waals surface area contributed by atoms with Crippen LogP contribution >= 0.6 is 23.2 Å². The largest absolute Gasteiger partial charge is 0.329 e. The molecule has 1 aromatic carbocycles.